The standard InChI is InChI=1S/C17H25ClN4O.HI/c1-2-19-17(21-13-14-6-5-7-15(18)12-14)20-9-8-16(23)22-10-3-4-11-22;/h5-7,12H,2-4,8-11,13H2,1H3,(H2,19,20,21);1H. The van der Waals surface area contributed by atoms with Crippen molar-refractivity contribution < 1.29 is 4.79 Å². The van der Waals surface area contributed by atoms with Crippen LogP contribution in [0.3, 0.4) is 0 Å². The van der Waals surface area contributed by atoms with E-state index in [0.717, 1.165) is 44.0 Å². The highest BCUT2D eigenvalue weighted by atomic mass is 127. The van der Waals surface area contributed by atoms with E-state index in [1.807, 2.05) is 36.1 Å². The van der Waals surface area contributed by atoms with E-state index in [4.69, 9.17) is 11.6 Å². The minimum absolute atomic E-state index is 0. The summed E-state index contributed by atoms with van der Waals surface area (Å²) in [6.07, 6.45) is 2.76. The van der Waals surface area contributed by atoms with Gasteiger partial charge in [-0.3, -0.25) is 4.79 Å². The molecule has 0 aromatic heterocycles. The second kappa shape index (κ2) is 11.5. The van der Waals surface area contributed by atoms with Crippen LogP contribution in [0.2, 0.25) is 5.02 Å². The largest absolute Gasteiger partial charge is 0.357 e. The zero-order valence-electron chi connectivity index (χ0n) is 14.1. The highest BCUT2D eigenvalue weighted by molar-refractivity contribution is 14.0. The van der Waals surface area contributed by atoms with Crippen molar-refractivity contribution in [2.24, 2.45) is 4.99 Å². The van der Waals surface area contributed by atoms with Gasteiger partial charge in [0, 0.05) is 37.6 Å². The van der Waals surface area contributed by atoms with Gasteiger partial charge in [0.05, 0.1) is 6.54 Å². The van der Waals surface area contributed by atoms with Gasteiger partial charge < -0.3 is 15.5 Å². The second-order valence-corrected chi connectivity index (χ2v) is 6.03. The van der Waals surface area contributed by atoms with Crippen molar-refractivity contribution in [3.8, 4) is 0 Å². The molecule has 1 amide bonds. The summed E-state index contributed by atoms with van der Waals surface area (Å²) in [4.78, 5) is 18.5. The lowest BCUT2D eigenvalue weighted by atomic mass is 10.2. The molecule has 7 heteroatoms. The lowest BCUT2D eigenvalue weighted by Gasteiger charge is -2.16. The molecule has 1 fully saturated rings. The predicted octanol–water partition coefficient (Wildman–Crippen LogP) is 3.03. The first-order valence-corrected chi connectivity index (χ1v) is 8.61. The summed E-state index contributed by atoms with van der Waals surface area (Å²) in [6.45, 7) is 5.75. The smallest absolute Gasteiger partial charge is 0.224 e. The summed E-state index contributed by atoms with van der Waals surface area (Å²) in [5.74, 6) is 0.947. The van der Waals surface area contributed by atoms with E-state index in [1.54, 1.807) is 0 Å². The Hall–Kier alpha value is -1.02. The van der Waals surface area contributed by atoms with Crippen LogP contribution in [0.25, 0.3) is 0 Å². The normalized spacial score (nSPS) is 14.2. The molecule has 0 unspecified atom stereocenters. The minimum Gasteiger partial charge on any atom is -0.357 e. The van der Waals surface area contributed by atoms with Gasteiger partial charge in [0.2, 0.25) is 5.91 Å². The number of carbonyl (C=O) groups excluding carboxylic acids is 1. The Labute approximate surface area is 166 Å². The van der Waals surface area contributed by atoms with Gasteiger partial charge in [-0.25, -0.2) is 4.99 Å². The molecule has 0 radical (unpaired) electrons. The minimum atomic E-state index is 0. The van der Waals surface area contributed by atoms with Crippen LogP contribution >= 0.6 is 35.6 Å². The summed E-state index contributed by atoms with van der Waals surface area (Å²) in [7, 11) is 0. The monoisotopic (exact) mass is 464 g/mol. The zero-order chi connectivity index (χ0) is 16.5. The van der Waals surface area contributed by atoms with E-state index in [-0.39, 0.29) is 29.9 Å². The number of halogens is 2. The van der Waals surface area contributed by atoms with E-state index >= 15 is 0 Å². The van der Waals surface area contributed by atoms with E-state index in [2.05, 4.69) is 15.6 Å². The van der Waals surface area contributed by atoms with E-state index < -0.39 is 0 Å². The number of likely N-dealkylation sites (tertiary alicyclic amines) is 1. The SMILES string of the molecule is CCNC(=NCc1cccc(Cl)c1)NCCC(=O)N1CCCC1.I. The van der Waals surface area contributed by atoms with Crippen molar-refractivity contribution in [3.05, 3.63) is 34.9 Å². The van der Waals surface area contributed by atoms with E-state index in [0.29, 0.717) is 24.5 Å². The topological polar surface area (TPSA) is 56.7 Å². The third-order valence-electron chi connectivity index (χ3n) is 3.74. The molecule has 1 aromatic rings. The van der Waals surface area contributed by atoms with Crippen LogP contribution in [0.1, 0.15) is 31.7 Å². The molecule has 0 aliphatic carbocycles. The van der Waals surface area contributed by atoms with Gasteiger partial charge in [-0.1, -0.05) is 23.7 Å². The van der Waals surface area contributed by atoms with Crippen molar-refractivity contribution in [1.82, 2.24) is 15.5 Å². The maximum atomic E-state index is 12.0. The van der Waals surface area contributed by atoms with Crippen LogP contribution in [0.15, 0.2) is 29.3 Å². The maximum absolute atomic E-state index is 12.0. The van der Waals surface area contributed by atoms with Gasteiger partial charge in [0.15, 0.2) is 5.96 Å². The Morgan fingerprint density at radius 1 is 1.29 bits per heavy atom. The predicted molar refractivity (Wildman–Crippen MR) is 110 cm³/mol. The van der Waals surface area contributed by atoms with Crippen LogP contribution in [-0.4, -0.2) is 42.9 Å². The van der Waals surface area contributed by atoms with Crippen LogP contribution in [-0.2, 0) is 11.3 Å². The number of nitrogens with one attached hydrogen (secondary N) is 2. The van der Waals surface area contributed by atoms with Crippen molar-refractivity contribution >= 4 is 47.4 Å². The lowest BCUT2D eigenvalue weighted by Crippen LogP contribution is -2.39. The highest BCUT2D eigenvalue weighted by Crippen LogP contribution is 2.11. The fourth-order valence-corrected chi connectivity index (χ4v) is 2.77. The summed E-state index contributed by atoms with van der Waals surface area (Å²) < 4.78 is 0. The molecule has 1 aromatic carbocycles. The van der Waals surface area contributed by atoms with Gasteiger partial charge in [-0.15, -0.1) is 24.0 Å². The number of rotatable bonds is 6. The van der Waals surface area contributed by atoms with Gasteiger partial charge in [-0.2, -0.15) is 0 Å². The Morgan fingerprint density at radius 3 is 2.71 bits per heavy atom. The second-order valence-electron chi connectivity index (χ2n) is 5.59. The quantitative estimate of drug-likeness (QED) is 0.387. The molecule has 24 heavy (non-hydrogen) atoms. The van der Waals surface area contributed by atoms with E-state index in [9.17, 15) is 4.79 Å². The number of guanidine groups is 1. The van der Waals surface area contributed by atoms with Gasteiger partial charge >= 0.3 is 0 Å². The Kier molecular flexibility index (Phi) is 10.1. The molecule has 1 saturated heterocycles. The third kappa shape index (κ3) is 7.25. The molecule has 0 spiro atoms. The van der Waals surface area contributed by atoms with Gasteiger partial charge in [-0.05, 0) is 37.5 Å². The number of nitrogens with zero attached hydrogens (tertiary/aromatic N) is 2. The summed E-state index contributed by atoms with van der Waals surface area (Å²) >= 11 is 5.98. The first kappa shape index (κ1) is 21.0. The number of carbonyl (C=O) groups is 1. The van der Waals surface area contributed by atoms with Crippen molar-refractivity contribution in [3.63, 3.8) is 0 Å². The number of benzene rings is 1. The number of hydrogen-bond donors (Lipinski definition) is 2. The van der Waals surface area contributed by atoms with Crippen LogP contribution in [0.5, 0.6) is 0 Å². The molecular weight excluding hydrogens is 439 g/mol. The first-order chi connectivity index (χ1) is 11.2. The number of hydrogen-bond acceptors (Lipinski definition) is 2. The van der Waals surface area contributed by atoms with Crippen LogP contribution < -0.4 is 10.6 Å². The lowest BCUT2D eigenvalue weighted by molar-refractivity contribution is -0.129. The fourth-order valence-electron chi connectivity index (χ4n) is 2.56. The molecule has 134 valence electrons. The third-order valence-corrected chi connectivity index (χ3v) is 3.98. The fraction of sp³-hybridized carbons (Fsp3) is 0.529. The Balaban J connectivity index is 0.00000288. The molecule has 2 N–H and O–H groups in total. The molecule has 0 atom stereocenters. The first-order valence-electron chi connectivity index (χ1n) is 8.23. The molecule has 0 saturated carbocycles. The zero-order valence-corrected chi connectivity index (χ0v) is 17.1. The average molecular weight is 465 g/mol. The highest BCUT2D eigenvalue weighted by Gasteiger charge is 2.17. The molecule has 5 nitrogen and oxygen atoms in total. The van der Waals surface area contributed by atoms with Crippen molar-refractivity contribution in [2.75, 3.05) is 26.2 Å². The van der Waals surface area contributed by atoms with Crippen LogP contribution in [0.4, 0.5) is 0 Å². The summed E-state index contributed by atoms with van der Waals surface area (Å²) in [5.41, 5.74) is 1.06. The summed E-state index contributed by atoms with van der Waals surface area (Å²) in [6, 6.07) is 7.67. The van der Waals surface area contributed by atoms with Gasteiger partial charge in [0.1, 0.15) is 0 Å². The van der Waals surface area contributed by atoms with E-state index in [1.165, 1.54) is 0 Å². The molecule has 2 rings (SSSR count). The van der Waals surface area contributed by atoms with Gasteiger partial charge in [0.25, 0.3) is 0 Å². The molecule has 1 aliphatic heterocycles. The number of amides is 1. The summed E-state index contributed by atoms with van der Waals surface area (Å²) in [5, 5.41) is 7.12. The van der Waals surface area contributed by atoms with Crippen molar-refractivity contribution in [1.29, 1.82) is 0 Å². The average Bonchev–Trinajstić information content (AvgIpc) is 3.07. The van der Waals surface area contributed by atoms with Crippen LogP contribution in [0, 0.1) is 0 Å². The molecular formula is C17H26ClIN4O. The molecule has 0 bridgehead atoms. The number of aliphatic imine (C=N–C) groups is 1. The maximum Gasteiger partial charge on any atom is 0.224 e. The Morgan fingerprint density at radius 2 is 2.04 bits per heavy atom. The molecule has 1 heterocycles. The van der Waals surface area contributed by atoms with Crippen molar-refractivity contribution in [2.45, 2.75) is 32.7 Å². The Bertz CT molecular complexity index is 547. The molecule has 1 aliphatic rings.